The van der Waals surface area contributed by atoms with E-state index in [0.29, 0.717) is 23.4 Å². The van der Waals surface area contributed by atoms with Crippen molar-refractivity contribution in [1.82, 2.24) is 4.98 Å². The first-order valence-corrected chi connectivity index (χ1v) is 10.00. The van der Waals surface area contributed by atoms with Gasteiger partial charge >= 0.3 is 0 Å². The van der Waals surface area contributed by atoms with Crippen molar-refractivity contribution < 1.29 is 18.0 Å². The molecule has 26 heavy (non-hydrogen) atoms. The smallest absolute Gasteiger partial charge is 0.274 e. The number of carbonyl (C=O) groups excluding carboxylic acids is 2. The third kappa shape index (κ3) is 4.45. The van der Waals surface area contributed by atoms with E-state index in [1.807, 2.05) is 0 Å². The summed E-state index contributed by atoms with van der Waals surface area (Å²) in [5, 5.41) is 5.86. The van der Waals surface area contributed by atoms with Crippen molar-refractivity contribution in [2.45, 2.75) is 19.4 Å². The molecular weight excluding hydrogens is 354 g/mol. The number of amides is 1. The molecule has 1 aliphatic heterocycles. The van der Waals surface area contributed by atoms with Crippen LogP contribution in [0.3, 0.4) is 0 Å². The van der Waals surface area contributed by atoms with Crippen LogP contribution in [0.5, 0.6) is 0 Å². The fraction of sp³-hybridized carbons (Fsp3) is 0.278. The van der Waals surface area contributed by atoms with Crippen LogP contribution in [0.15, 0.2) is 42.6 Å². The molecule has 1 saturated heterocycles. The maximum atomic E-state index is 12.4. The van der Waals surface area contributed by atoms with Crippen LogP contribution in [0.1, 0.15) is 34.2 Å². The molecule has 0 aliphatic carbocycles. The predicted octanol–water partition coefficient (Wildman–Crippen LogP) is 2.14. The SMILES string of the molecule is CC(=O)c1ccc(NC(=O)c2cc(NC3CCS(=O)(=O)C3)ccn2)cc1. The summed E-state index contributed by atoms with van der Waals surface area (Å²) >= 11 is 0. The lowest BCUT2D eigenvalue weighted by atomic mass is 10.1. The Morgan fingerprint density at radius 1 is 1.12 bits per heavy atom. The summed E-state index contributed by atoms with van der Waals surface area (Å²) in [5.41, 5.74) is 1.99. The number of hydrogen-bond donors (Lipinski definition) is 2. The lowest BCUT2D eigenvalue weighted by Gasteiger charge is -2.13. The molecule has 1 atom stereocenters. The minimum absolute atomic E-state index is 0.0442. The van der Waals surface area contributed by atoms with E-state index >= 15 is 0 Å². The Morgan fingerprint density at radius 3 is 2.46 bits per heavy atom. The first kappa shape index (κ1) is 18.1. The van der Waals surface area contributed by atoms with Gasteiger partial charge in [-0.05, 0) is 49.7 Å². The summed E-state index contributed by atoms with van der Waals surface area (Å²) in [6.45, 7) is 1.48. The Labute approximate surface area is 151 Å². The Balaban J connectivity index is 1.67. The number of pyridine rings is 1. The molecule has 1 fully saturated rings. The zero-order chi connectivity index (χ0) is 18.7. The number of ketones is 1. The monoisotopic (exact) mass is 373 g/mol. The normalized spacial score (nSPS) is 18.3. The van der Waals surface area contributed by atoms with Crippen LogP contribution in [0, 0.1) is 0 Å². The average Bonchev–Trinajstić information content (AvgIpc) is 2.94. The molecule has 1 aromatic carbocycles. The molecule has 1 aromatic heterocycles. The minimum Gasteiger partial charge on any atom is -0.381 e. The minimum atomic E-state index is -2.97. The largest absolute Gasteiger partial charge is 0.381 e. The van der Waals surface area contributed by atoms with Crippen molar-refractivity contribution in [3.8, 4) is 0 Å². The van der Waals surface area contributed by atoms with Crippen molar-refractivity contribution in [2.75, 3.05) is 22.1 Å². The third-order valence-electron chi connectivity index (χ3n) is 4.15. The van der Waals surface area contributed by atoms with Crippen LogP contribution in [0.25, 0.3) is 0 Å². The van der Waals surface area contributed by atoms with Crippen molar-refractivity contribution in [3.05, 3.63) is 53.9 Å². The van der Waals surface area contributed by atoms with E-state index < -0.39 is 9.84 Å². The molecule has 7 nitrogen and oxygen atoms in total. The molecule has 2 heterocycles. The molecule has 1 amide bonds. The van der Waals surface area contributed by atoms with E-state index in [0.717, 1.165) is 0 Å². The van der Waals surface area contributed by atoms with Gasteiger partial charge in [-0.2, -0.15) is 0 Å². The number of rotatable bonds is 5. The molecule has 1 aliphatic rings. The summed E-state index contributed by atoms with van der Waals surface area (Å²) in [6, 6.07) is 9.72. The van der Waals surface area contributed by atoms with Gasteiger partial charge in [0.1, 0.15) is 5.69 Å². The zero-order valence-electron chi connectivity index (χ0n) is 14.2. The first-order chi connectivity index (χ1) is 12.3. The summed E-state index contributed by atoms with van der Waals surface area (Å²) in [5.74, 6) is -0.154. The molecule has 3 rings (SSSR count). The number of sulfone groups is 1. The molecular formula is C18H19N3O4S. The second-order valence-corrected chi connectivity index (χ2v) is 8.49. The van der Waals surface area contributed by atoms with Gasteiger partial charge in [-0.15, -0.1) is 0 Å². The van der Waals surface area contributed by atoms with Gasteiger partial charge in [0.15, 0.2) is 15.6 Å². The number of nitrogens with one attached hydrogen (secondary N) is 2. The van der Waals surface area contributed by atoms with Crippen molar-refractivity contribution in [3.63, 3.8) is 0 Å². The highest BCUT2D eigenvalue weighted by Gasteiger charge is 2.27. The second kappa shape index (κ2) is 7.25. The molecule has 0 radical (unpaired) electrons. The molecule has 0 saturated carbocycles. The summed E-state index contributed by atoms with van der Waals surface area (Å²) in [6.07, 6.45) is 2.05. The van der Waals surface area contributed by atoms with E-state index in [1.165, 1.54) is 13.1 Å². The van der Waals surface area contributed by atoms with E-state index in [-0.39, 0.29) is 34.9 Å². The number of aromatic nitrogens is 1. The van der Waals surface area contributed by atoms with Crippen LogP contribution in [0.2, 0.25) is 0 Å². The number of nitrogens with zero attached hydrogens (tertiary/aromatic N) is 1. The molecule has 136 valence electrons. The number of Topliss-reactive ketones (excluding diaryl/α,β-unsaturated/α-hetero) is 1. The van der Waals surface area contributed by atoms with Crippen molar-refractivity contribution in [2.24, 2.45) is 0 Å². The van der Waals surface area contributed by atoms with Gasteiger partial charge in [-0.1, -0.05) is 0 Å². The Kier molecular flexibility index (Phi) is 5.03. The maximum Gasteiger partial charge on any atom is 0.274 e. The number of anilines is 2. The zero-order valence-corrected chi connectivity index (χ0v) is 15.0. The fourth-order valence-corrected chi connectivity index (χ4v) is 4.45. The fourth-order valence-electron chi connectivity index (χ4n) is 2.77. The molecule has 0 bridgehead atoms. The predicted molar refractivity (Wildman–Crippen MR) is 99.3 cm³/mol. The van der Waals surface area contributed by atoms with Crippen LogP contribution >= 0.6 is 0 Å². The van der Waals surface area contributed by atoms with Crippen molar-refractivity contribution in [1.29, 1.82) is 0 Å². The topological polar surface area (TPSA) is 105 Å². The van der Waals surface area contributed by atoms with Crippen LogP contribution in [-0.4, -0.2) is 42.6 Å². The maximum absolute atomic E-state index is 12.4. The van der Waals surface area contributed by atoms with Gasteiger partial charge in [-0.25, -0.2) is 8.42 Å². The highest BCUT2D eigenvalue weighted by molar-refractivity contribution is 7.91. The summed E-state index contributed by atoms with van der Waals surface area (Å²) in [4.78, 5) is 27.7. The van der Waals surface area contributed by atoms with Crippen molar-refractivity contribution >= 4 is 32.9 Å². The molecule has 2 N–H and O–H groups in total. The van der Waals surface area contributed by atoms with Gasteiger partial charge in [-0.3, -0.25) is 14.6 Å². The molecule has 8 heteroatoms. The lowest BCUT2D eigenvalue weighted by molar-refractivity contribution is 0.101. The third-order valence-corrected chi connectivity index (χ3v) is 5.91. The molecule has 0 spiro atoms. The Hall–Kier alpha value is -2.74. The average molecular weight is 373 g/mol. The van der Waals surface area contributed by atoms with Crippen LogP contribution in [-0.2, 0) is 9.84 Å². The quantitative estimate of drug-likeness (QED) is 0.778. The second-order valence-electron chi connectivity index (χ2n) is 6.26. The summed E-state index contributed by atoms with van der Waals surface area (Å²) in [7, 11) is -2.97. The van der Waals surface area contributed by atoms with Gasteiger partial charge < -0.3 is 10.6 Å². The summed E-state index contributed by atoms with van der Waals surface area (Å²) < 4.78 is 23.1. The first-order valence-electron chi connectivity index (χ1n) is 8.18. The highest BCUT2D eigenvalue weighted by Crippen LogP contribution is 2.18. The van der Waals surface area contributed by atoms with E-state index in [1.54, 1.807) is 36.4 Å². The van der Waals surface area contributed by atoms with Gasteiger partial charge in [0, 0.05) is 29.2 Å². The van der Waals surface area contributed by atoms with Crippen LogP contribution in [0.4, 0.5) is 11.4 Å². The van der Waals surface area contributed by atoms with E-state index in [4.69, 9.17) is 0 Å². The number of benzene rings is 1. The van der Waals surface area contributed by atoms with Gasteiger partial charge in [0.25, 0.3) is 5.91 Å². The lowest BCUT2D eigenvalue weighted by Crippen LogP contribution is -2.21. The standard InChI is InChI=1S/C18H19N3O4S/c1-12(22)13-2-4-14(5-3-13)21-18(23)17-10-15(6-8-19-17)20-16-7-9-26(24,25)11-16/h2-6,8,10,16H,7,9,11H2,1H3,(H,19,20)(H,21,23). The Morgan fingerprint density at radius 2 is 1.85 bits per heavy atom. The van der Waals surface area contributed by atoms with E-state index in [9.17, 15) is 18.0 Å². The highest BCUT2D eigenvalue weighted by atomic mass is 32.2. The van der Waals surface area contributed by atoms with E-state index in [2.05, 4.69) is 15.6 Å². The number of hydrogen-bond acceptors (Lipinski definition) is 6. The van der Waals surface area contributed by atoms with Gasteiger partial charge in [0.2, 0.25) is 0 Å². The number of carbonyl (C=O) groups is 2. The Bertz CT molecular complexity index is 939. The van der Waals surface area contributed by atoms with Crippen LogP contribution < -0.4 is 10.6 Å². The molecule has 2 aromatic rings. The molecule has 1 unspecified atom stereocenters. The van der Waals surface area contributed by atoms with Gasteiger partial charge in [0.05, 0.1) is 11.5 Å².